The molecule has 0 atom stereocenters. The minimum Gasteiger partial charge on any atom is -0.383 e. The summed E-state index contributed by atoms with van der Waals surface area (Å²) in [5.74, 6) is -0.0253. The van der Waals surface area contributed by atoms with E-state index in [2.05, 4.69) is 10.3 Å². The zero-order chi connectivity index (χ0) is 16.7. The number of amides is 1. The maximum absolute atomic E-state index is 12.2. The molecule has 0 aliphatic carbocycles. The van der Waals surface area contributed by atoms with Crippen LogP contribution in [0.25, 0.3) is 0 Å². The summed E-state index contributed by atoms with van der Waals surface area (Å²) < 4.78 is 0. The van der Waals surface area contributed by atoms with Crippen LogP contribution in [-0.4, -0.2) is 35.4 Å². The van der Waals surface area contributed by atoms with Gasteiger partial charge >= 0.3 is 0 Å². The molecule has 0 radical (unpaired) electrons. The van der Waals surface area contributed by atoms with Gasteiger partial charge in [0, 0.05) is 24.7 Å². The Bertz CT molecular complexity index is 622. The molecule has 2 aromatic rings. The number of nitrogens with zero attached hydrogens (tertiary/aromatic N) is 2. The van der Waals surface area contributed by atoms with Gasteiger partial charge < -0.3 is 10.2 Å². The second-order valence-electron chi connectivity index (χ2n) is 5.21. The molecule has 1 aromatic heterocycles. The summed E-state index contributed by atoms with van der Waals surface area (Å²) in [5.41, 5.74) is 2.62. The van der Waals surface area contributed by atoms with Crippen LogP contribution in [0.3, 0.4) is 0 Å². The van der Waals surface area contributed by atoms with E-state index in [0.717, 1.165) is 23.7 Å². The van der Waals surface area contributed by atoms with E-state index in [1.807, 2.05) is 44.2 Å². The lowest BCUT2D eigenvalue weighted by molar-refractivity contribution is 0.0767. The van der Waals surface area contributed by atoms with Gasteiger partial charge in [-0.1, -0.05) is 23.7 Å². The third kappa shape index (κ3) is 4.96. The zero-order valence-corrected chi connectivity index (χ0v) is 14.3. The van der Waals surface area contributed by atoms with Gasteiger partial charge in [0.05, 0.1) is 11.9 Å². The molecule has 1 N–H and O–H groups in total. The lowest BCUT2D eigenvalue weighted by Gasteiger charge is -2.18. The summed E-state index contributed by atoms with van der Waals surface area (Å²) in [4.78, 5) is 18.2. The van der Waals surface area contributed by atoms with Crippen molar-refractivity contribution in [1.82, 2.24) is 9.88 Å². The first-order valence-electron chi connectivity index (χ1n) is 7.87. The number of carbonyl (C=O) groups is 1. The number of pyridine rings is 1. The number of nitrogens with one attached hydrogen (secondary N) is 1. The molecule has 1 amide bonds. The van der Waals surface area contributed by atoms with E-state index in [-0.39, 0.29) is 5.91 Å². The average molecular weight is 332 g/mol. The Morgan fingerprint density at radius 1 is 1.13 bits per heavy atom. The predicted molar refractivity (Wildman–Crippen MR) is 95.1 cm³/mol. The Morgan fingerprint density at radius 2 is 1.83 bits per heavy atom. The van der Waals surface area contributed by atoms with E-state index in [1.54, 1.807) is 17.2 Å². The highest BCUT2D eigenvalue weighted by Crippen LogP contribution is 2.11. The average Bonchev–Trinajstić information content (AvgIpc) is 2.58. The van der Waals surface area contributed by atoms with E-state index in [4.69, 9.17) is 11.6 Å². The fourth-order valence-corrected chi connectivity index (χ4v) is 2.43. The van der Waals surface area contributed by atoms with Gasteiger partial charge in [0.1, 0.15) is 5.69 Å². The summed E-state index contributed by atoms with van der Waals surface area (Å²) in [6.07, 6.45) is 2.61. The highest BCUT2D eigenvalue weighted by molar-refractivity contribution is 6.30. The molecular formula is C18H22ClN3O. The van der Waals surface area contributed by atoms with Gasteiger partial charge in [-0.15, -0.1) is 0 Å². The van der Waals surface area contributed by atoms with E-state index >= 15 is 0 Å². The maximum Gasteiger partial charge on any atom is 0.272 e. The fraction of sp³-hybridized carbons (Fsp3) is 0.333. The van der Waals surface area contributed by atoms with Gasteiger partial charge in [0.15, 0.2) is 0 Å². The van der Waals surface area contributed by atoms with Crippen LogP contribution in [0.1, 0.15) is 29.9 Å². The van der Waals surface area contributed by atoms with Gasteiger partial charge in [-0.25, -0.2) is 4.98 Å². The fourth-order valence-electron chi connectivity index (χ4n) is 2.30. The summed E-state index contributed by atoms with van der Waals surface area (Å²) in [7, 11) is 0. The van der Waals surface area contributed by atoms with Crippen molar-refractivity contribution in [3.05, 3.63) is 58.9 Å². The van der Waals surface area contributed by atoms with Gasteiger partial charge in [-0.3, -0.25) is 4.79 Å². The Balaban J connectivity index is 1.87. The first-order chi connectivity index (χ1) is 11.1. The Labute approximate surface area is 142 Å². The molecule has 2 rings (SSSR count). The number of hydrogen-bond acceptors (Lipinski definition) is 3. The summed E-state index contributed by atoms with van der Waals surface area (Å²) in [6.45, 7) is 6.12. The normalized spacial score (nSPS) is 10.4. The first-order valence-corrected chi connectivity index (χ1v) is 8.25. The van der Waals surface area contributed by atoms with Crippen LogP contribution < -0.4 is 5.32 Å². The molecule has 0 fully saturated rings. The third-order valence-electron chi connectivity index (χ3n) is 3.69. The second-order valence-corrected chi connectivity index (χ2v) is 5.65. The van der Waals surface area contributed by atoms with Crippen molar-refractivity contribution in [1.29, 1.82) is 0 Å². The molecular weight excluding hydrogens is 310 g/mol. The van der Waals surface area contributed by atoms with Crippen molar-refractivity contribution >= 4 is 23.2 Å². The Morgan fingerprint density at radius 3 is 2.39 bits per heavy atom. The van der Waals surface area contributed by atoms with Crippen molar-refractivity contribution in [2.75, 3.05) is 25.0 Å². The molecule has 0 unspecified atom stereocenters. The van der Waals surface area contributed by atoms with E-state index in [1.165, 1.54) is 5.56 Å². The van der Waals surface area contributed by atoms with Crippen LogP contribution in [-0.2, 0) is 6.42 Å². The summed E-state index contributed by atoms with van der Waals surface area (Å²) >= 11 is 5.87. The van der Waals surface area contributed by atoms with Gasteiger partial charge in [0.2, 0.25) is 0 Å². The molecule has 0 spiro atoms. The summed E-state index contributed by atoms with van der Waals surface area (Å²) in [5, 5.41) is 4.06. The van der Waals surface area contributed by atoms with Crippen molar-refractivity contribution in [2.45, 2.75) is 20.3 Å². The molecule has 0 aliphatic rings. The van der Waals surface area contributed by atoms with E-state index < -0.39 is 0 Å². The zero-order valence-electron chi connectivity index (χ0n) is 13.6. The Kier molecular flexibility index (Phi) is 6.41. The molecule has 1 heterocycles. The smallest absolute Gasteiger partial charge is 0.272 e. The largest absolute Gasteiger partial charge is 0.383 e. The number of benzene rings is 1. The van der Waals surface area contributed by atoms with Crippen LogP contribution in [0, 0.1) is 0 Å². The van der Waals surface area contributed by atoms with Crippen molar-refractivity contribution < 1.29 is 4.79 Å². The number of anilines is 1. The second kappa shape index (κ2) is 8.53. The van der Waals surface area contributed by atoms with E-state index in [9.17, 15) is 4.79 Å². The molecule has 1 aromatic carbocycles. The highest BCUT2D eigenvalue weighted by atomic mass is 35.5. The molecule has 0 aliphatic heterocycles. The molecule has 0 saturated heterocycles. The quantitative estimate of drug-likeness (QED) is 0.837. The number of hydrogen-bond donors (Lipinski definition) is 1. The molecule has 4 nitrogen and oxygen atoms in total. The van der Waals surface area contributed by atoms with Crippen molar-refractivity contribution in [3.8, 4) is 0 Å². The van der Waals surface area contributed by atoms with Gasteiger partial charge in [-0.05, 0) is 50.1 Å². The van der Waals surface area contributed by atoms with Crippen LogP contribution in [0.4, 0.5) is 5.69 Å². The molecule has 23 heavy (non-hydrogen) atoms. The van der Waals surface area contributed by atoms with Gasteiger partial charge in [-0.2, -0.15) is 0 Å². The maximum atomic E-state index is 12.2. The van der Waals surface area contributed by atoms with E-state index in [0.29, 0.717) is 18.8 Å². The third-order valence-corrected chi connectivity index (χ3v) is 3.94. The number of carbonyl (C=O) groups excluding carboxylic acids is 1. The van der Waals surface area contributed by atoms with Crippen LogP contribution in [0.5, 0.6) is 0 Å². The monoisotopic (exact) mass is 331 g/mol. The summed E-state index contributed by atoms with van der Waals surface area (Å²) in [6, 6.07) is 11.5. The van der Waals surface area contributed by atoms with Crippen molar-refractivity contribution in [3.63, 3.8) is 0 Å². The Hall–Kier alpha value is -2.07. The van der Waals surface area contributed by atoms with Crippen LogP contribution >= 0.6 is 11.6 Å². The first kappa shape index (κ1) is 17.3. The minimum atomic E-state index is -0.0253. The number of rotatable bonds is 7. The topological polar surface area (TPSA) is 45.2 Å². The molecule has 0 saturated carbocycles. The number of aromatic nitrogens is 1. The molecule has 5 heteroatoms. The van der Waals surface area contributed by atoms with Crippen molar-refractivity contribution in [2.24, 2.45) is 0 Å². The predicted octanol–water partition coefficient (Wildman–Crippen LogP) is 3.87. The molecule has 0 bridgehead atoms. The van der Waals surface area contributed by atoms with Crippen LogP contribution in [0.15, 0.2) is 42.6 Å². The number of halogens is 1. The lowest BCUT2D eigenvalue weighted by Crippen LogP contribution is -2.31. The SMILES string of the molecule is CCN(CC)C(=O)c1ccc(NCCc2ccc(Cl)cc2)cn1. The highest BCUT2D eigenvalue weighted by Gasteiger charge is 2.13. The minimum absolute atomic E-state index is 0.0253. The lowest BCUT2D eigenvalue weighted by atomic mass is 10.1. The molecule has 122 valence electrons. The standard InChI is InChI=1S/C18H22ClN3O/c1-3-22(4-2)18(23)17-10-9-16(13-21-17)20-12-11-14-5-7-15(19)8-6-14/h5-10,13,20H,3-4,11-12H2,1-2H3. The van der Waals surface area contributed by atoms with Gasteiger partial charge in [0.25, 0.3) is 5.91 Å². The van der Waals surface area contributed by atoms with Crippen LogP contribution in [0.2, 0.25) is 5.02 Å².